The van der Waals surface area contributed by atoms with Crippen LogP contribution in [0.2, 0.25) is 0 Å². The number of aromatic amines is 1. The predicted octanol–water partition coefficient (Wildman–Crippen LogP) is 21.4. The quantitative estimate of drug-likeness (QED) is 0.0862. The summed E-state index contributed by atoms with van der Waals surface area (Å²) in [6, 6.07) is 113. The fraction of sp³-hybridized carbons (Fsp3) is 0. The average molecular weight is 1290 g/mol. The van der Waals surface area contributed by atoms with Gasteiger partial charge in [0.15, 0.2) is 11.8 Å². The van der Waals surface area contributed by atoms with Gasteiger partial charge in [-0.3, -0.25) is 0 Å². The minimum atomic E-state index is -0.387. The predicted molar refractivity (Wildman–Crippen MR) is 414 cm³/mol. The molecule has 0 aliphatic rings. The van der Waals surface area contributed by atoms with Crippen molar-refractivity contribution >= 4 is 86.6 Å². The molecule has 0 atom stereocenters. The molecular weight excluding hydrogens is 1220 g/mol. The summed E-state index contributed by atoms with van der Waals surface area (Å²) in [4.78, 5) is 8.03. The third-order valence-electron chi connectivity index (χ3n) is 19.0. The molecule has 19 rings (SSSR count). The Morgan fingerprint density at radius 2 is 0.772 bits per heavy atom. The van der Waals surface area contributed by atoms with Crippen molar-refractivity contribution in [1.82, 2.24) is 4.98 Å². The molecule has 0 aliphatic carbocycles. The molecule has 2 aromatic heterocycles. The number of nitriles is 1. The van der Waals surface area contributed by atoms with Crippen LogP contribution in [0.1, 0.15) is 12.4 Å². The van der Waals surface area contributed by atoms with Gasteiger partial charge in [-0.05, 0) is 197 Å². The van der Waals surface area contributed by atoms with Crippen molar-refractivity contribution in [3.63, 3.8) is 0 Å². The number of benzene rings is 17. The van der Waals surface area contributed by atoms with Gasteiger partial charge in [-0.2, -0.15) is 5.26 Å². The van der Waals surface area contributed by atoms with Gasteiger partial charge in [-0.15, -0.1) is 0 Å². The van der Waals surface area contributed by atoms with Crippen LogP contribution in [0.15, 0.2) is 368 Å². The Morgan fingerprint density at radius 3 is 1.35 bits per heavy atom. The summed E-state index contributed by atoms with van der Waals surface area (Å²) in [6.07, 6.45) is 1.75. The number of rotatable bonds is 8. The number of para-hydroxylation sites is 1. The van der Waals surface area contributed by atoms with Crippen LogP contribution < -0.4 is 29.0 Å². The van der Waals surface area contributed by atoms with Crippen molar-refractivity contribution in [3.8, 4) is 101 Å². The van der Waals surface area contributed by atoms with Gasteiger partial charge in [0.25, 0.3) is 0 Å². The monoisotopic (exact) mass is 1290 g/mol. The van der Waals surface area contributed by atoms with Crippen LogP contribution in [0.4, 0.5) is 0 Å². The smallest absolute Gasteiger partial charge is 0.868 e. The van der Waals surface area contributed by atoms with Crippen LogP contribution in [0.25, 0.3) is 176 Å². The Hall–Kier alpha value is -12.9. The van der Waals surface area contributed by atoms with Crippen LogP contribution >= 0.6 is 0 Å². The maximum atomic E-state index is 11.1. The Kier molecular flexibility index (Phi) is 15.6. The zero-order chi connectivity index (χ0) is 71.2. The standard InChI is InChI=1S/C52H32N2O.C34H22.C9H7NO.Li/c53-33-34-15-17-35(18-16-34)36-21-29-43(30-22-36)52-54-51-49(42-27-25-41(26-28-42)48-14-6-10-39-8-2-4-12-46(39)48)31-44(32-50(51)55-52)37-19-23-40(24-20-37)47-13-5-9-38-7-1-3-11-45(38)47;1-2-12-23(13-3-1)33-28-18-8-10-20-30(28)34(31-21-11-9-19-29(31)33)32-22-24-14-4-5-15-25(24)26-16-6-7-17-27(26)32;11-8-5-1-3-7-4-2-6-10-9(7)8;/h1-32H;1-22H;1-6,11H;/q;;;+1/i;1D,2D,3D,12D,13D;;. The normalized spacial score (nSPS) is 11.8. The maximum Gasteiger partial charge on any atom is 1.00 e. The molecule has 17 aromatic carbocycles. The summed E-state index contributed by atoms with van der Waals surface area (Å²) in [5, 5.41) is 34.6. The number of aromatic nitrogens is 2. The fourth-order valence-corrected chi connectivity index (χ4v) is 14.2. The van der Waals surface area contributed by atoms with Crippen LogP contribution in [0.3, 0.4) is 0 Å². The average Bonchev–Trinajstić information content (AvgIpc) is 0.923. The molecule has 0 bridgehead atoms. The van der Waals surface area contributed by atoms with Crippen molar-refractivity contribution in [1.29, 1.82) is 5.26 Å². The number of fused-ring (bicyclic) bond motifs is 9. The minimum Gasteiger partial charge on any atom is -0.868 e. The minimum absolute atomic E-state index is 0. The molecule has 0 aliphatic heterocycles. The number of pyridine rings is 1. The molecule has 0 spiro atoms. The molecule has 0 saturated heterocycles. The van der Waals surface area contributed by atoms with Crippen molar-refractivity contribution in [2.45, 2.75) is 0 Å². The summed E-state index contributed by atoms with van der Waals surface area (Å²) in [5.41, 5.74) is 17.9. The van der Waals surface area contributed by atoms with Gasteiger partial charge in [0, 0.05) is 22.6 Å². The largest absolute Gasteiger partial charge is 1.00 e. The Morgan fingerprint density at radius 1 is 0.337 bits per heavy atom. The first kappa shape index (κ1) is 57.2. The number of nitrogens with zero attached hydrogens (tertiary/aromatic N) is 2. The van der Waals surface area contributed by atoms with Gasteiger partial charge in [0.05, 0.1) is 18.5 Å². The zero-order valence-electron chi connectivity index (χ0n) is 60.0. The van der Waals surface area contributed by atoms with E-state index in [0.717, 1.165) is 98.9 Å². The molecule has 19 aromatic rings. The summed E-state index contributed by atoms with van der Waals surface area (Å²) in [7, 11) is 0. The van der Waals surface area contributed by atoms with Crippen molar-refractivity contribution in [3.05, 3.63) is 370 Å². The van der Waals surface area contributed by atoms with E-state index in [1.807, 2.05) is 91.0 Å². The zero-order valence-corrected chi connectivity index (χ0v) is 55.0. The van der Waals surface area contributed by atoms with Gasteiger partial charge in [0.2, 0.25) is 11.4 Å². The van der Waals surface area contributed by atoms with Gasteiger partial charge in [0.1, 0.15) is 5.52 Å². The van der Waals surface area contributed by atoms with E-state index < -0.39 is 0 Å². The fourth-order valence-electron chi connectivity index (χ4n) is 14.2. The van der Waals surface area contributed by atoms with Crippen molar-refractivity contribution in [2.24, 2.45) is 0 Å². The Labute approximate surface area is 604 Å². The van der Waals surface area contributed by atoms with Crippen LogP contribution in [0.5, 0.6) is 5.75 Å². The number of oxazole rings is 1. The van der Waals surface area contributed by atoms with E-state index in [0.29, 0.717) is 22.5 Å². The summed E-state index contributed by atoms with van der Waals surface area (Å²) in [6.45, 7) is 0. The molecule has 0 unspecified atom stereocenters. The molecule has 0 fully saturated rings. The van der Waals surface area contributed by atoms with Gasteiger partial charge in [-0.25, -0.2) is 9.97 Å². The molecule has 1 N–H and O–H groups in total. The SMILES string of the molecule is N#Cc1ccc(-c2ccc(-c3nc4c(-c5ccc(-c6cccc7ccccc67)cc5)cc(-c5ccc(-c6cccc7ccccc67)cc5)cc4o3)cc2)cc1.[2H]c1c([2H])c([2H])c(-c2c3ccccc3c(-c3cc4ccccc4c4ccccc34)c3ccccc23)c([2H])c1[2H].[Li+].[O-]c1cccc2ccc[nH+]c12. The van der Waals surface area contributed by atoms with Crippen LogP contribution in [-0.2, 0) is 0 Å². The van der Waals surface area contributed by atoms with Gasteiger partial charge < -0.3 is 9.52 Å². The van der Waals surface area contributed by atoms with Crippen molar-refractivity contribution < 1.29 is 40.2 Å². The molecule has 6 heteroatoms. The first-order valence-corrected chi connectivity index (χ1v) is 33.2. The van der Waals surface area contributed by atoms with Gasteiger partial charge >= 0.3 is 18.9 Å². The Bertz CT molecular complexity index is 6570. The van der Waals surface area contributed by atoms with Crippen molar-refractivity contribution in [2.75, 3.05) is 0 Å². The molecular formula is C95H61LiN3O2+. The molecule has 0 amide bonds. The second kappa shape index (κ2) is 27.5. The van der Waals surface area contributed by atoms with E-state index in [4.69, 9.17) is 16.3 Å². The third kappa shape index (κ3) is 12.1. The number of nitrogens with one attached hydrogen (secondary N) is 1. The first-order chi connectivity index (χ1) is 51.5. The Balaban J connectivity index is 0.000000146. The third-order valence-corrected chi connectivity index (χ3v) is 19.0. The molecule has 0 radical (unpaired) electrons. The van der Waals surface area contributed by atoms with E-state index in [1.54, 1.807) is 18.3 Å². The molecule has 468 valence electrons. The topological polar surface area (TPSA) is 87.0 Å². The van der Waals surface area contributed by atoms with Gasteiger partial charge in [-0.1, -0.05) is 297 Å². The molecule has 0 saturated carbocycles. The number of H-pyrrole nitrogens is 1. The van der Waals surface area contributed by atoms with E-state index in [2.05, 4.69) is 236 Å². The second-order valence-corrected chi connectivity index (χ2v) is 24.8. The summed E-state index contributed by atoms with van der Waals surface area (Å²) < 4.78 is 48.9. The molecule has 101 heavy (non-hydrogen) atoms. The summed E-state index contributed by atoms with van der Waals surface area (Å²) in [5.74, 6) is 0.613. The molecule has 5 nitrogen and oxygen atoms in total. The molecule has 2 heterocycles. The van der Waals surface area contributed by atoms with E-state index in [9.17, 15) is 10.4 Å². The van der Waals surface area contributed by atoms with Crippen LogP contribution in [-0.4, -0.2) is 4.98 Å². The van der Waals surface area contributed by atoms with Crippen LogP contribution in [0, 0.1) is 11.3 Å². The second-order valence-electron chi connectivity index (χ2n) is 24.8. The first-order valence-electron chi connectivity index (χ1n) is 35.7. The van der Waals surface area contributed by atoms with E-state index >= 15 is 0 Å². The summed E-state index contributed by atoms with van der Waals surface area (Å²) >= 11 is 0. The maximum absolute atomic E-state index is 11.1. The van der Waals surface area contributed by atoms with E-state index in [-0.39, 0.29) is 60.4 Å². The number of hydrogen-bond acceptors (Lipinski definition) is 4. The number of hydrogen-bond donors (Lipinski definition) is 0. The van der Waals surface area contributed by atoms with E-state index in [1.165, 1.54) is 54.6 Å².